The van der Waals surface area contributed by atoms with Crippen molar-refractivity contribution in [3.8, 4) is 5.75 Å². The Morgan fingerprint density at radius 2 is 1.96 bits per heavy atom. The summed E-state index contributed by atoms with van der Waals surface area (Å²) < 4.78 is 1.23. The number of anilines is 1. The van der Waals surface area contributed by atoms with E-state index in [0.29, 0.717) is 22.5 Å². The van der Waals surface area contributed by atoms with Gasteiger partial charge in [-0.3, -0.25) is 14.2 Å². The molecule has 1 aromatic carbocycles. The highest BCUT2D eigenvalue weighted by molar-refractivity contribution is 7.20. The summed E-state index contributed by atoms with van der Waals surface area (Å²) in [5, 5.41) is 21.5. The zero-order valence-corrected chi connectivity index (χ0v) is 15.4. The van der Waals surface area contributed by atoms with E-state index in [4.69, 9.17) is 0 Å². The minimum absolute atomic E-state index is 0.0638. The molecule has 140 valence electrons. The highest BCUT2D eigenvalue weighted by Gasteiger charge is 2.24. The first-order valence-electron chi connectivity index (χ1n) is 8.17. The average molecular weight is 387 g/mol. The number of aromatic hydroxyl groups is 1. The van der Waals surface area contributed by atoms with Crippen molar-refractivity contribution in [1.82, 2.24) is 9.55 Å². The lowest BCUT2D eigenvalue weighted by Crippen LogP contribution is -2.33. The molecule has 0 bridgehead atoms. The number of aromatic carboxylic acids is 1. The first-order valence-corrected chi connectivity index (χ1v) is 8.98. The van der Waals surface area contributed by atoms with Crippen molar-refractivity contribution in [2.45, 2.75) is 26.3 Å². The van der Waals surface area contributed by atoms with Crippen LogP contribution in [0.4, 0.5) is 5.69 Å². The molecule has 0 aliphatic carbocycles. The highest BCUT2D eigenvalue weighted by Crippen LogP contribution is 2.27. The number of hydrogen-bond acceptors (Lipinski definition) is 6. The van der Waals surface area contributed by atoms with Crippen LogP contribution >= 0.6 is 11.3 Å². The number of rotatable bonds is 5. The largest absolute Gasteiger partial charge is 0.508 e. The normalized spacial score (nSPS) is 12.1. The molecule has 0 spiro atoms. The summed E-state index contributed by atoms with van der Waals surface area (Å²) in [4.78, 5) is 41.5. The quantitative estimate of drug-likeness (QED) is 0.579. The van der Waals surface area contributed by atoms with Gasteiger partial charge in [-0.05, 0) is 43.2 Å². The second-order valence-electron chi connectivity index (χ2n) is 5.96. The Hall–Kier alpha value is -3.20. The molecule has 2 aromatic heterocycles. The summed E-state index contributed by atoms with van der Waals surface area (Å²) in [5.41, 5.74) is 0.385. The summed E-state index contributed by atoms with van der Waals surface area (Å²) in [6.45, 7) is 3.33. The molecule has 2 heterocycles. The van der Waals surface area contributed by atoms with E-state index in [9.17, 15) is 24.6 Å². The molecule has 1 atom stereocenters. The van der Waals surface area contributed by atoms with Gasteiger partial charge in [0.05, 0.1) is 11.7 Å². The minimum Gasteiger partial charge on any atom is -0.508 e. The van der Waals surface area contributed by atoms with Crippen LogP contribution in [0.3, 0.4) is 0 Å². The molecule has 1 unspecified atom stereocenters. The molecule has 3 rings (SSSR count). The SMILES string of the molecule is CCC(C(=O)Nc1ccc(O)cc1)n1cnc2sc(C(=O)O)c(C)c2c1=O. The minimum atomic E-state index is -1.11. The van der Waals surface area contributed by atoms with Gasteiger partial charge >= 0.3 is 5.97 Å². The maximum atomic E-state index is 12.9. The summed E-state index contributed by atoms with van der Waals surface area (Å²) in [5.74, 6) is -1.44. The van der Waals surface area contributed by atoms with Gasteiger partial charge in [-0.1, -0.05) is 6.92 Å². The predicted molar refractivity (Wildman–Crippen MR) is 102 cm³/mol. The summed E-state index contributed by atoms with van der Waals surface area (Å²) in [7, 11) is 0. The number of amides is 1. The van der Waals surface area contributed by atoms with Gasteiger partial charge in [-0.15, -0.1) is 11.3 Å². The predicted octanol–water partition coefficient (Wildman–Crippen LogP) is 2.76. The summed E-state index contributed by atoms with van der Waals surface area (Å²) in [6.07, 6.45) is 1.61. The van der Waals surface area contributed by atoms with E-state index in [2.05, 4.69) is 10.3 Å². The molecule has 0 aliphatic rings. The van der Waals surface area contributed by atoms with Gasteiger partial charge in [0.25, 0.3) is 5.56 Å². The van der Waals surface area contributed by atoms with Crippen molar-refractivity contribution >= 4 is 39.1 Å². The maximum Gasteiger partial charge on any atom is 0.346 e. The lowest BCUT2D eigenvalue weighted by atomic mass is 10.1. The standard InChI is InChI=1S/C18H17N3O5S/c1-3-12(15(23)20-10-4-6-11(22)7-5-10)21-8-19-16-13(17(21)24)9(2)14(27-16)18(25)26/h4-8,12,22H,3H2,1-2H3,(H,20,23)(H,25,26). The number of aromatic nitrogens is 2. The van der Waals surface area contributed by atoms with Crippen LogP contribution in [0.2, 0.25) is 0 Å². The Balaban J connectivity index is 2.00. The lowest BCUT2D eigenvalue weighted by molar-refractivity contribution is -0.119. The molecular weight excluding hydrogens is 370 g/mol. The van der Waals surface area contributed by atoms with Crippen LogP contribution in [0.15, 0.2) is 35.4 Å². The number of fused-ring (bicyclic) bond motifs is 1. The van der Waals surface area contributed by atoms with E-state index in [0.717, 1.165) is 11.3 Å². The molecule has 0 radical (unpaired) electrons. The Morgan fingerprint density at radius 1 is 1.30 bits per heavy atom. The second kappa shape index (κ2) is 7.20. The third-order valence-electron chi connectivity index (χ3n) is 4.23. The molecule has 3 aromatic rings. The molecule has 0 fully saturated rings. The monoisotopic (exact) mass is 387 g/mol. The maximum absolute atomic E-state index is 12.9. The van der Waals surface area contributed by atoms with Crippen LogP contribution in [0.1, 0.15) is 34.6 Å². The molecular formula is C18H17N3O5S. The van der Waals surface area contributed by atoms with Crippen molar-refractivity contribution in [1.29, 1.82) is 0 Å². The molecule has 0 saturated heterocycles. The number of carboxylic acid groups (broad SMARTS) is 1. The van der Waals surface area contributed by atoms with E-state index < -0.39 is 23.5 Å². The third-order valence-corrected chi connectivity index (χ3v) is 5.42. The van der Waals surface area contributed by atoms with Crippen molar-refractivity contribution in [2.75, 3.05) is 5.32 Å². The first-order chi connectivity index (χ1) is 12.8. The first kappa shape index (κ1) is 18.6. The van der Waals surface area contributed by atoms with Gasteiger partial charge in [0, 0.05) is 5.69 Å². The molecule has 1 amide bonds. The van der Waals surface area contributed by atoms with Gasteiger partial charge in [0.2, 0.25) is 5.91 Å². The molecule has 27 heavy (non-hydrogen) atoms. The van der Waals surface area contributed by atoms with E-state index in [-0.39, 0.29) is 16.0 Å². The Labute approximate surface area is 157 Å². The van der Waals surface area contributed by atoms with Crippen LogP contribution in [-0.4, -0.2) is 31.6 Å². The fraction of sp³-hybridized carbons (Fsp3) is 0.222. The topological polar surface area (TPSA) is 122 Å². The number of phenolic OH excluding ortho intramolecular Hbond substituents is 1. The van der Waals surface area contributed by atoms with Crippen LogP contribution in [-0.2, 0) is 4.79 Å². The number of aryl methyl sites for hydroxylation is 1. The molecule has 0 saturated carbocycles. The number of benzene rings is 1. The Bertz CT molecular complexity index is 1080. The highest BCUT2D eigenvalue weighted by atomic mass is 32.1. The summed E-state index contributed by atoms with van der Waals surface area (Å²) >= 11 is 0.938. The fourth-order valence-corrected chi connectivity index (χ4v) is 3.82. The van der Waals surface area contributed by atoms with Crippen molar-refractivity contribution in [3.05, 3.63) is 51.4 Å². The number of nitrogens with one attached hydrogen (secondary N) is 1. The van der Waals surface area contributed by atoms with Gasteiger partial charge in [-0.25, -0.2) is 9.78 Å². The fourth-order valence-electron chi connectivity index (χ4n) is 2.84. The Kier molecular flexibility index (Phi) is 4.95. The van der Waals surface area contributed by atoms with Crippen LogP contribution in [0, 0.1) is 6.92 Å². The van der Waals surface area contributed by atoms with Gasteiger partial charge < -0.3 is 15.5 Å². The second-order valence-corrected chi connectivity index (χ2v) is 6.96. The molecule has 8 nitrogen and oxygen atoms in total. The van der Waals surface area contributed by atoms with E-state index in [1.165, 1.54) is 23.0 Å². The number of carboxylic acids is 1. The number of nitrogens with zero attached hydrogens (tertiary/aromatic N) is 2. The van der Waals surface area contributed by atoms with Crippen LogP contribution < -0.4 is 10.9 Å². The number of phenols is 1. The summed E-state index contributed by atoms with van der Waals surface area (Å²) in [6, 6.07) is 5.17. The third kappa shape index (κ3) is 3.41. The van der Waals surface area contributed by atoms with Crippen molar-refractivity contribution in [3.63, 3.8) is 0 Å². The number of carbonyl (C=O) groups excluding carboxylic acids is 1. The van der Waals surface area contributed by atoms with Gasteiger partial charge in [0.1, 0.15) is 21.5 Å². The zero-order valence-electron chi connectivity index (χ0n) is 14.6. The number of hydrogen-bond donors (Lipinski definition) is 3. The van der Waals surface area contributed by atoms with E-state index in [1.54, 1.807) is 26.0 Å². The zero-order chi connectivity index (χ0) is 19.7. The molecule has 9 heteroatoms. The van der Waals surface area contributed by atoms with Crippen molar-refractivity contribution < 1.29 is 19.8 Å². The molecule has 0 aliphatic heterocycles. The molecule has 3 N–H and O–H groups in total. The average Bonchev–Trinajstić information content (AvgIpc) is 2.97. The lowest BCUT2D eigenvalue weighted by Gasteiger charge is -2.17. The van der Waals surface area contributed by atoms with Gasteiger partial charge in [-0.2, -0.15) is 0 Å². The Morgan fingerprint density at radius 3 is 2.56 bits per heavy atom. The van der Waals surface area contributed by atoms with E-state index in [1.807, 2.05) is 0 Å². The van der Waals surface area contributed by atoms with Crippen molar-refractivity contribution in [2.24, 2.45) is 0 Å². The van der Waals surface area contributed by atoms with Crippen LogP contribution in [0.25, 0.3) is 10.2 Å². The van der Waals surface area contributed by atoms with E-state index >= 15 is 0 Å². The van der Waals surface area contributed by atoms with Crippen LogP contribution in [0.5, 0.6) is 5.75 Å². The number of thiophene rings is 1. The van der Waals surface area contributed by atoms with Gasteiger partial charge in [0.15, 0.2) is 0 Å². The number of carbonyl (C=O) groups is 2. The smallest absolute Gasteiger partial charge is 0.346 e.